The van der Waals surface area contributed by atoms with Crippen LogP contribution >= 0.6 is 0 Å². The summed E-state index contributed by atoms with van der Waals surface area (Å²) in [6, 6.07) is 0.225. The Labute approximate surface area is 133 Å². The summed E-state index contributed by atoms with van der Waals surface area (Å²) in [6.45, 7) is 5.87. The van der Waals surface area contributed by atoms with Crippen LogP contribution in [0.5, 0.6) is 0 Å². The number of hydrogen-bond acceptors (Lipinski definition) is 3. The number of nitrogens with zero attached hydrogens (tertiary/aromatic N) is 2. The highest BCUT2D eigenvalue weighted by atomic mass is 16.2. The average molecular weight is 307 g/mol. The maximum atomic E-state index is 13.1. The van der Waals surface area contributed by atoms with Crippen molar-refractivity contribution in [2.24, 2.45) is 5.41 Å². The van der Waals surface area contributed by atoms with Gasteiger partial charge in [0.05, 0.1) is 6.54 Å². The summed E-state index contributed by atoms with van der Waals surface area (Å²) in [5.41, 5.74) is -0.102. The van der Waals surface area contributed by atoms with Gasteiger partial charge in [-0.05, 0) is 32.1 Å². The zero-order valence-electron chi connectivity index (χ0n) is 13.8. The number of hydrogen-bond donors (Lipinski definition) is 1. The van der Waals surface area contributed by atoms with Gasteiger partial charge in [0.1, 0.15) is 0 Å². The summed E-state index contributed by atoms with van der Waals surface area (Å²) < 4.78 is 0. The molecular weight excluding hydrogens is 278 g/mol. The molecule has 2 aliphatic heterocycles. The molecule has 1 aliphatic carbocycles. The number of carbonyl (C=O) groups is 2. The molecule has 1 N–H and O–H groups in total. The average Bonchev–Trinajstić information content (AvgIpc) is 3.05. The number of carbonyl (C=O) groups excluding carboxylic acids is 2. The van der Waals surface area contributed by atoms with Crippen molar-refractivity contribution in [3.8, 4) is 0 Å². The van der Waals surface area contributed by atoms with Crippen LogP contribution in [0, 0.1) is 5.41 Å². The lowest BCUT2D eigenvalue weighted by Gasteiger charge is -2.43. The summed E-state index contributed by atoms with van der Waals surface area (Å²) in [5.74, 6) is 0.552. The molecule has 124 valence electrons. The van der Waals surface area contributed by atoms with Crippen LogP contribution in [-0.4, -0.2) is 60.4 Å². The van der Waals surface area contributed by atoms with Gasteiger partial charge in [0.25, 0.3) is 0 Å². The fraction of sp³-hybridized carbons (Fsp3) is 0.882. The molecule has 5 nitrogen and oxygen atoms in total. The van der Waals surface area contributed by atoms with E-state index in [1.54, 1.807) is 0 Å². The number of nitrogens with one attached hydrogen (secondary N) is 1. The smallest absolute Gasteiger partial charge is 0.236 e. The summed E-state index contributed by atoms with van der Waals surface area (Å²) in [5, 5.41) is 3.13. The van der Waals surface area contributed by atoms with Crippen LogP contribution in [0.1, 0.15) is 51.9 Å². The zero-order chi connectivity index (χ0) is 15.6. The van der Waals surface area contributed by atoms with Crippen LogP contribution in [0.15, 0.2) is 0 Å². The fourth-order valence-electron chi connectivity index (χ4n) is 4.51. The first-order valence-electron chi connectivity index (χ1n) is 8.96. The van der Waals surface area contributed by atoms with Crippen molar-refractivity contribution in [1.82, 2.24) is 15.1 Å². The molecule has 2 saturated heterocycles. The van der Waals surface area contributed by atoms with Gasteiger partial charge in [0.2, 0.25) is 11.8 Å². The van der Waals surface area contributed by atoms with Crippen LogP contribution in [0.4, 0.5) is 0 Å². The van der Waals surface area contributed by atoms with Crippen molar-refractivity contribution in [3.63, 3.8) is 0 Å². The second-order valence-electron chi connectivity index (χ2n) is 7.15. The molecule has 0 bridgehead atoms. The Morgan fingerprint density at radius 2 is 2.05 bits per heavy atom. The van der Waals surface area contributed by atoms with Crippen LogP contribution in [0.25, 0.3) is 0 Å². The van der Waals surface area contributed by atoms with E-state index in [-0.39, 0.29) is 17.4 Å². The Hall–Kier alpha value is -1.10. The molecule has 22 heavy (non-hydrogen) atoms. The highest BCUT2D eigenvalue weighted by Gasteiger charge is 2.43. The van der Waals surface area contributed by atoms with Gasteiger partial charge in [-0.15, -0.1) is 0 Å². The van der Waals surface area contributed by atoms with Crippen LogP contribution in [0.3, 0.4) is 0 Å². The molecule has 0 aromatic carbocycles. The minimum Gasteiger partial charge on any atom is -0.340 e. The van der Waals surface area contributed by atoms with E-state index < -0.39 is 0 Å². The van der Waals surface area contributed by atoms with Crippen molar-refractivity contribution in [1.29, 1.82) is 0 Å². The number of piperidine rings is 1. The standard InChI is InChI=1S/C17H29N3O2/c1-2-17(7-3-4-8-17)16(22)19-10-5-6-14(13-19)20-11-9-18-12-15(20)21/h14,18H,2-13H2,1H3. The van der Waals surface area contributed by atoms with Gasteiger partial charge in [0, 0.05) is 37.6 Å². The molecule has 2 heterocycles. The topological polar surface area (TPSA) is 52.7 Å². The van der Waals surface area contributed by atoms with E-state index in [1.165, 1.54) is 12.8 Å². The molecule has 3 aliphatic rings. The van der Waals surface area contributed by atoms with Crippen molar-refractivity contribution in [3.05, 3.63) is 0 Å². The first-order valence-corrected chi connectivity index (χ1v) is 8.96. The van der Waals surface area contributed by atoms with E-state index in [0.29, 0.717) is 12.5 Å². The first-order chi connectivity index (χ1) is 10.7. The Balaban J connectivity index is 1.67. The van der Waals surface area contributed by atoms with Crippen LogP contribution in [0.2, 0.25) is 0 Å². The van der Waals surface area contributed by atoms with E-state index in [4.69, 9.17) is 0 Å². The second kappa shape index (κ2) is 6.57. The Bertz CT molecular complexity index is 432. The van der Waals surface area contributed by atoms with Gasteiger partial charge in [0.15, 0.2) is 0 Å². The molecule has 3 fully saturated rings. The third-order valence-corrected chi connectivity index (χ3v) is 5.94. The summed E-state index contributed by atoms with van der Waals surface area (Å²) in [4.78, 5) is 29.2. The molecular formula is C17H29N3O2. The predicted molar refractivity (Wildman–Crippen MR) is 85.4 cm³/mol. The minimum atomic E-state index is -0.102. The van der Waals surface area contributed by atoms with Crippen LogP contribution < -0.4 is 5.32 Å². The Morgan fingerprint density at radius 3 is 2.73 bits per heavy atom. The van der Waals surface area contributed by atoms with Gasteiger partial charge >= 0.3 is 0 Å². The van der Waals surface area contributed by atoms with E-state index in [1.807, 2.05) is 4.90 Å². The van der Waals surface area contributed by atoms with Crippen molar-refractivity contribution in [2.75, 3.05) is 32.7 Å². The summed E-state index contributed by atoms with van der Waals surface area (Å²) in [7, 11) is 0. The largest absolute Gasteiger partial charge is 0.340 e. The second-order valence-corrected chi connectivity index (χ2v) is 7.15. The number of amides is 2. The molecule has 0 aromatic heterocycles. The van der Waals surface area contributed by atoms with Crippen molar-refractivity contribution >= 4 is 11.8 Å². The van der Waals surface area contributed by atoms with Gasteiger partial charge in [-0.1, -0.05) is 19.8 Å². The number of rotatable bonds is 3. The molecule has 1 saturated carbocycles. The number of piperazine rings is 1. The molecule has 0 spiro atoms. The highest BCUT2D eigenvalue weighted by Crippen LogP contribution is 2.43. The van der Waals surface area contributed by atoms with Gasteiger partial charge in [-0.25, -0.2) is 0 Å². The quantitative estimate of drug-likeness (QED) is 0.857. The third-order valence-electron chi connectivity index (χ3n) is 5.94. The zero-order valence-corrected chi connectivity index (χ0v) is 13.8. The van der Waals surface area contributed by atoms with Gasteiger partial charge < -0.3 is 15.1 Å². The molecule has 5 heteroatoms. The maximum Gasteiger partial charge on any atom is 0.236 e. The van der Waals surface area contributed by atoms with Gasteiger partial charge in [-0.3, -0.25) is 9.59 Å². The monoisotopic (exact) mass is 307 g/mol. The SMILES string of the molecule is CCC1(C(=O)N2CCCC(N3CCNCC3=O)C2)CCCC1. The molecule has 1 atom stereocenters. The molecule has 2 amide bonds. The molecule has 0 aromatic rings. The lowest BCUT2D eigenvalue weighted by Crippen LogP contribution is -2.58. The fourth-order valence-corrected chi connectivity index (χ4v) is 4.51. The van der Waals surface area contributed by atoms with E-state index in [0.717, 1.165) is 58.3 Å². The molecule has 3 rings (SSSR count). The van der Waals surface area contributed by atoms with Gasteiger partial charge in [-0.2, -0.15) is 0 Å². The summed E-state index contributed by atoms with van der Waals surface area (Å²) >= 11 is 0. The molecule has 1 unspecified atom stereocenters. The van der Waals surface area contributed by atoms with E-state index >= 15 is 0 Å². The predicted octanol–water partition coefficient (Wildman–Crippen LogP) is 1.38. The first kappa shape index (κ1) is 15.8. The highest BCUT2D eigenvalue weighted by molar-refractivity contribution is 5.83. The minimum absolute atomic E-state index is 0.102. The lowest BCUT2D eigenvalue weighted by molar-refractivity contribution is -0.147. The van der Waals surface area contributed by atoms with Crippen LogP contribution in [-0.2, 0) is 9.59 Å². The van der Waals surface area contributed by atoms with E-state index in [9.17, 15) is 9.59 Å². The third kappa shape index (κ3) is 2.87. The maximum absolute atomic E-state index is 13.1. The number of likely N-dealkylation sites (tertiary alicyclic amines) is 1. The summed E-state index contributed by atoms with van der Waals surface area (Å²) in [6.07, 6.45) is 7.49. The normalized spacial score (nSPS) is 29.0. The van der Waals surface area contributed by atoms with Crippen molar-refractivity contribution < 1.29 is 9.59 Å². The van der Waals surface area contributed by atoms with E-state index in [2.05, 4.69) is 17.1 Å². The lowest BCUT2D eigenvalue weighted by atomic mass is 9.81. The Morgan fingerprint density at radius 1 is 1.27 bits per heavy atom. The Kier molecular flexibility index (Phi) is 4.71. The van der Waals surface area contributed by atoms with Crippen molar-refractivity contribution in [2.45, 2.75) is 57.9 Å². The molecule has 0 radical (unpaired) electrons.